The standard InChI is InChI=1S/C26H41NO7/c1-6-27-11-24(12-31-3)8-7-17(29)26-15-9-14-16(32-4)10-25(30,18(15)20(14)34-13(2)28)19(23(26)27)21(33-5)22(24)26/h14-23,29-30H,6-12H2,1-5H3/t14-,15-,16+,17+,18-,19+,20+,21+,22-,23-,24+,25-,26-/m1/s1. The van der Waals surface area contributed by atoms with E-state index in [9.17, 15) is 15.0 Å². The number of fused-ring (bicyclic) bond motifs is 2. The number of aliphatic hydroxyl groups excluding tert-OH is 1. The summed E-state index contributed by atoms with van der Waals surface area (Å²) in [7, 11) is 5.23. The molecular weight excluding hydrogens is 438 g/mol. The van der Waals surface area contributed by atoms with E-state index in [0.717, 1.165) is 32.4 Å². The first kappa shape index (κ1) is 23.6. The molecule has 192 valence electrons. The van der Waals surface area contributed by atoms with Gasteiger partial charge in [-0.05, 0) is 31.7 Å². The number of likely N-dealkylation sites (tertiary alicyclic amines) is 1. The van der Waals surface area contributed by atoms with Crippen LogP contribution >= 0.6 is 0 Å². The van der Waals surface area contributed by atoms with Crippen molar-refractivity contribution in [1.29, 1.82) is 0 Å². The van der Waals surface area contributed by atoms with Crippen LogP contribution in [0.15, 0.2) is 0 Å². The highest BCUT2D eigenvalue weighted by Gasteiger charge is 2.86. The summed E-state index contributed by atoms with van der Waals surface area (Å²) < 4.78 is 24.1. The first-order valence-corrected chi connectivity index (χ1v) is 13.1. The van der Waals surface area contributed by atoms with E-state index in [2.05, 4.69) is 11.8 Å². The van der Waals surface area contributed by atoms with Gasteiger partial charge in [0.25, 0.3) is 0 Å². The molecule has 1 aliphatic heterocycles. The van der Waals surface area contributed by atoms with Crippen LogP contribution in [0, 0.1) is 40.4 Å². The molecule has 6 fully saturated rings. The fourth-order valence-corrected chi connectivity index (χ4v) is 11.0. The summed E-state index contributed by atoms with van der Waals surface area (Å²) in [6.07, 6.45) is 1.64. The van der Waals surface area contributed by atoms with Crippen molar-refractivity contribution in [2.24, 2.45) is 40.4 Å². The summed E-state index contributed by atoms with van der Waals surface area (Å²) in [6.45, 7) is 6.00. The molecule has 1 spiro atoms. The molecule has 5 saturated carbocycles. The number of hydrogen-bond donors (Lipinski definition) is 2. The minimum absolute atomic E-state index is 0.0197. The van der Waals surface area contributed by atoms with Crippen molar-refractivity contribution in [3.8, 4) is 0 Å². The molecule has 1 heterocycles. The number of hydrogen-bond acceptors (Lipinski definition) is 8. The minimum Gasteiger partial charge on any atom is -0.462 e. The van der Waals surface area contributed by atoms with E-state index in [0.29, 0.717) is 13.0 Å². The van der Waals surface area contributed by atoms with Gasteiger partial charge in [0.1, 0.15) is 6.10 Å². The molecule has 0 aromatic heterocycles. The number of nitrogens with zero attached hydrogens (tertiary/aromatic N) is 1. The van der Waals surface area contributed by atoms with Gasteiger partial charge < -0.3 is 29.2 Å². The molecule has 0 aromatic carbocycles. The van der Waals surface area contributed by atoms with Crippen LogP contribution in [0.3, 0.4) is 0 Å². The van der Waals surface area contributed by atoms with E-state index in [1.807, 2.05) is 0 Å². The molecule has 7 bridgehead atoms. The van der Waals surface area contributed by atoms with Crippen LogP contribution in [0.1, 0.15) is 39.5 Å². The van der Waals surface area contributed by atoms with Crippen LogP contribution in [-0.2, 0) is 23.7 Å². The van der Waals surface area contributed by atoms with Crippen LogP contribution in [0.4, 0.5) is 0 Å². The van der Waals surface area contributed by atoms with E-state index in [1.165, 1.54) is 6.92 Å². The van der Waals surface area contributed by atoms with Crippen molar-refractivity contribution in [2.45, 2.75) is 75.6 Å². The fraction of sp³-hybridized carbons (Fsp3) is 0.962. The van der Waals surface area contributed by atoms with Gasteiger partial charge in [0.05, 0.1) is 30.5 Å². The third-order valence-electron chi connectivity index (χ3n) is 11.4. The molecule has 6 aliphatic rings. The summed E-state index contributed by atoms with van der Waals surface area (Å²) in [5.41, 5.74) is -1.66. The second kappa shape index (κ2) is 7.62. The first-order valence-electron chi connectivity index (χ1n) is 13.1. The quantitative estimate of drug-likeness (QED) is 0.546. The maximum Gasteiger partial charge on any atom is 0.302 e. The Balaban J connectivity index is 1.61. The largest absolute Gasteiger partial charge is 0.462 e. The lowest BCUT2D eigenvalue weighted by atomic mass is 9.43. The van der Waals surface area contributed by atoms with E-state index >= 15 is 0 Å². The average Bonchev–Trinajstić information content (AvgIpc) is 3.23. The highest BCUT2D eigenvalue weighted by atomic mass is 16.5. The zero-order chi connectivity index (χ0) is 24.2. The zero-order valence-corrected chi connectivity index (χ0v) is 21.1. The Labute approximate surface area is 202 Å². The number of methoxy groups -OCH3 is 3. The Bertz CT molecular complexity index is 855. The molecular formula is C26H41NO7. The molecule has 1 saturated heterocycles. The Hall–Kier alpha value is -0.770. The number of rotatable bonds is 6. The SMILES string of the molecule is CCN1C[C@]2(COC)CC[C@H](O)[C@]34[C@@H]5C[C@H]6[C@H](OC(C)=O)[C@@H]5[C@](O)(C[C@@H]6OC)[C@@H]([C@H](OC)[C@H]23)[C@@H]14. The smallest absolute Gasteiger partial charge is 0.302 e. The van der Waals surface area contributed by atoms with Crippen LogP contribution < -0.4 is 0 Å². The van der Waals surface area contributed by atoms with E-state index in [4.69, 9.17) is 18.9 Å². The third-order valence-corrected chi connectivity index (χ3v) is 11.4. The number of carbonyl (C=O) groups is 1. The Morgan fingerprint density at radius 1 is 1.15 bits per heavy atom. The van der Waals surface area contributed by atoms with Gasteiger partial charge in [0, 0.05) is 81.8 Å². The van der Waals surface area contributed by atoms with Gasteiger partial charge >= 0.3 is 5.97 Å². The van der Waals surface area contributed by atoms with Crippen molar-refractivity contribution in [3.05, 3.63) is 0 Å². The maximum absolute atomic E-state index is 12.7. The van der Waals surface area contributed by atoms with Crippen LogP contribution in [0.25, 0.3) is 0 Å². The molecule has 8 heteroatoms. The second-order valence-electron chi connectivity index (χ2n) is 12.1. The topological polar surface area (TPSA) is 97.7 Å². The summed E-state index contributed by atoms with van der Waals surface area (Å²) in [6, 6.07) is 0.0197. The van der Waals surface area contributed by atoms with Crippen molar-refractivity contribution < 1.29 is 34.0 Å². The second-order valence-corrected chi connectivity index (χ2v) is 12.1. The molecule has 5 aliphatic carbocycles. The zero-order valence-electron chi connectivity index (χ0n) is 21.1. The Kier molecular flexibility index (Phi) is 5.29. The van der Waals surface area contributed by atoms with Crippen molar-refractivity contribution in [2.75, 3.05) is 41.0 Å². The van der Waals surface area contributed by atoms with E-state index in [1.54, 1.807) is 21.3 Å². The monoisotopic (exact) mass is 479 g/mol. The van der Waals surface area contributed by atoms with Crippen LogP contribution in [0.5, 0.6) is 0 Å². The van der Waals surface area contributed by atoms with Gasteiger partial charge in [-0.15, -0.1) is 0 Å². The molecule has 0 radical (unpaired) electrons. The molecule has 13 atom stereocenters. The number of carbonyl (C=O) groups excluding carboxylic acids is 1. The highest BCUT2D eigenvalue weighted by Crippen LogP contribution is 2.79. The van der Waals surface area contributed by atoms with Crippen molar-refractivity contribution >= 4 is 5.97 Å². The number of piperidine rings is 1. The Morgan fingerprint density at radius 3 is 2.53 bits per heavy atom. The van der Waals surface area contributed by atoms with Crippen molar-refractivity contribution in [1.82, 2.24) is 4.90 Å². The average molecular weight is 480 g/mol. The summed E-state index contributed by atoms with van der Waals surface area (Å²) >= 11 is 0. The lowest BCUT2D eigenvalue weighted by Crippen LogP contribution is -2.76. The van der Waals surface area contributed by atoms with Gasteiger partial charge in [-0.2, -0.15) is 0 Å². The van der Waals surface area contributed by atoms with Crippen LogP contribution in [-0.4, -0.2) is 98.2 Å². The lowest BCUT2D eigenvalue weighted by molar-refractivity contribution is -0.274. The number of ether oxygens (including phenoxy) is 4. The van der Waals surface area contributed by atoms with Gasteiger partial charge in [-0.25, -0.2) is 0 Å². The predicted octanol–water partition coefficient (Wildman–Crippen LogP) is 1.07. The predicted molar refractivity (Wildman–Crippen MR) is 122 cm³/mol. The molecule has 6 rings (SSSR count). The fourth-order valence-electron chi connectivity index (χ4n) is 11.0. The molecule has 34 heavy (non-hydrogen) atoms. The van der Waals surface area contributed by atoms with E-state index < -0.39 is 23.2 Å². The van der Waals surface area contributed by atoms with Gasteiger partial charge in [-0.1, -0.05) is 6.92 Å². The van der Waals surface area contributed by atoms with Crippen LogP contribution in [0.2, 0.25) is 0 Å². The third kappa shape index (κ3) is 2.48. The minimum atomic E-state index is -1.09. The first-order chi connectivity index (χ1) is 16.2. The van der Waals surface area contributed by atoms with Gasteiger partial charge in [-0.3, -0.25) is 9.69 Å². The van der Waals surface area contributed by atoms with Gasteiger partial charge in [0.2, 0.25) is 0 Å². The maximum atomic E-state index is 12.7. The number of aliphatic hydroxyl groups is 2. The summed E-state index contributed by atoms with van der Waals surface area (Å²) in [5, 5.41) is 24.7. The van der Waals surface area contributed by atoms with E-state index in [-0.39, 0.29) is 59.2 Å². The molecule has 2 N–H and O–H groups in total. The summed E-state index contributed by atoms with van der Waals surface area (Å²) in [4.78, 5) is 14.7. The normalized spacial score (nSPS) is 57.0. The van der Waals surface area contributed by atoms with Gasteiger partial charge in [0.15, 0.2) is 0 Å². The molecule has 0 aromatic rings. The summed E-state index contributed by atoms with van der Waals surface area (Å²) in [5.74, 6) is -0.586. The highest BCUT2D eigenvalue weighted by molar-refractivity contribution is 5.66. The van der Waals surface area contributed by atoms with Crippen molar-refractivity contribution in [3.63, 3.8) is 0 Å². The molecule has 8 nitrogen and oxygen atoms in total. The lowest BCUT2D eigenvalue weighted by Gasteiger charge is -2.68. The molecule has 0 unspecified atom stereocenters. The number of esters is 1. The molecule has 0 amide bonds. The Morgan fingerprint density at radius 2 is 1.91 bits per heavy atom.